The number of benzene rings is 1. The lowest BCUT2D eigenvalue weighted by atomic mass is 10.2. The Morgan fingerprint density at radius 1 is 1.18 bits per heavy atom. The van der Waals surface area contributed by atoms with E-state index in [1.807, 2.05) is 23.9 Å². The molecule has 1 N–H and O–H groups in total. The fourth-order valence-electron chi connectivity index (χ4n) is 1.90. The fraction of sp³-hybridized carbons (Fsp3) is 0.538. The molecule has 0 aliphatic carbocycles. The number of hydrogen-bond donors (Lipinski definition) is 1. The highest BCUT2D eigenvalue weighted by molar-refractivity contribution is 7.99. The van der Waals surface area contributed by atoms with Gasteiger partial charge in [0.25, 0.3) is 0 Å². The summed E-state index contributed by atoms with van der Waals surface area (Å²) < 4.78 is 12.7. The SMILES string of the molecule is Fc1ccc(CNCCN2CCSCC2)cc1. The van der Waals surface area contributed by atoms with Crippen molar-refractivity contribution in [2.75, 3.05) is 37.7 Å². The van der Waals surface area contributed by atoms with E-state index in [0.29, 0.717) is 0 Å². The van der Waals surface area contributed by atoms with Gasteiger partial charge in [-0.2, -0.15) is 11.8 Å². The lowest BCUT2D eigenvalue weighted by Crippen LogP contribution is -2.37. The second-order valence-corrected chi connectivity index (χ2v) is 5.48. The summed E-state index contributed by atoms with van der Waals surface area (Å²) in [6.07, 6.45) is 0. The van der Waals surface area contributed by atoms with E-state index >= 15 is 0 Å². The topological polar surface area (TPSA) is 15.3 Å². The molecular weight excluding hydrogens is 235 g/mol. The molecule has 0 saturated carbocycles. The Bertz CT molecular complexity index is 323. The Labute approximate surface area is 107 Å². The number of halogens is 1. The van der Waals surface area contributed by atoms with Gasteiger partial charge >= 0.3 is 0 Å². The third-order valence-corrected chi connectivity index (χ3v) is 3.89. The quantitative estimate of drug-likeness (QED) is 0.809. The van der Waals surface area contributed by atoms with E-state index in [-0.39, 0.29) is 5.82 Å². The number of nitrogens with one attached hydrogen (secondary N) is 1. The zero-order valence-electron chi connectivity index (χ0n) is 9.99. The number of hydrogen-bond acceptors (Lipinski definition) is 3. The third-order valence-electron chi connectivity index (χ3n) is 2.95. The molecule has 2 nitrogen and oxygen atoms in total. The lowest BCUT2D eigenvalue weighted by Gasteiger charge is -2.26. The average Bonchev–Trinajstić information content (AvgIpc) is 2.38. The molecule has 0 spiro atoms. The maximum Gasteiger partial charge on any atom is 0.123 e. The van der Waals surface area contributed by atoms with Crippen molar-refractivity contribution in [3.05, 3.63) is 35.6 Å². The number of nitrogens with zero attached hydrogens (tertiary/aromatic N) is 1. The zero-order valence-corrected chi connectivity index (χ0v) is 10.8. The van der Waals surface area contributed by atoms with E-state index < -0.39 is 0 Å². The Hall–Kier alpha value is -0.580. The molecule has 1 aromatic rings. The summed E-state index contributed by atoms with van der Waals surface area (Å²) in [4.78, 5) is 2.49. The molecule has 94 valence electrons. The monoisotopic (exact) mass is 254 g/mol. The molecule has 0 aromatic heterocycles. The van der Waals surface area contributed by atoms with Gasteiger partial charge in [-0.25, -0.2) is 4.39 Å². The van der Waals surface area contributed by atoms with E-state index in [0.717, 1.165) is 25.2 Å². The Morgan fingerprint density at radius 2 is 1.88 bits per heavy atom. The van der Waals surface area contributed by atoms with Gasteiger partial charge in [-0.1, -0.05) is 12.1 Å². The van der Waals surface area contributed by atoms with E-state index in [9.17, 15) is 4.39 Å². The second kappa shape index (κ2) is 6.99. The normalized spacial score (nSPS) is 17.2. The van der Waals surface area contributed by atoms with Crippen molar-refractivity contribution in [1.29, 1.82) is 0 Å². The maximum atomic E-state index is 12.7. The van der Waals surface area contributed by atoms with Gasteiger partial charge in [0, 0.05) is 44.2 Å². The molecule has 2 rings (SSSR count). The predicted octanol–water partition coefficient (Wildman–Crippen LogP) is 1.96. The maximum absolute atomic E-state index is 12.7. The molecule has 1 heterocycles. The van der Waals surface area contributed by atoms with Gasteiger partial charge in [-0.15, -0.1) is 0 Å². The third kappa shape index (κ3) is 4.66. The Morgan fingerprint density at radius 3 is 2.59 bits per heavy atom. The van der Waals surface area contributed by atoms with Crippen LogP contribution in [0.25, 0.3) is 0 Å². The summed E-state index contributed by atoms with van der Waals surface area (Å²) in [5.41, 5.74) is 1.14. The molecular formula is C13H19FN2S. The average molecular weight is 254 g/mol. The van der Waals surface area contributed by atoms with E-state index in [2.05, 4.69) is 10.2 Å². The minimum Gasteiger partial charge on any atom is -0.311 e. The first kappa shape index (κ1) is 12.9. The van der Waals surface area contributed by atoms with Crippen LogP contribution in [-0.2, 0) is 6.54 Å². The number of rotatable bonds is 5. The summed E-state index contributed by atoms with van der Waals surface area (Å²) in [5.74, 6) is 2.36. The molecule has 0 atom stereocenters. The van der Waals surface area contributed by atoms with Crippen LogP contribution in [0, 0.1) is 5.82 Å². The molecule has 1 saturated heterocycles. The first-order chi connectivity index (χ1) is 8.34. The van der Waals surface area contributed by atoms with Crippen LogP contribution >= 0.6 is 11.8 Å². The Kier molecular flexibility index (Phi) is 5.29. The van der Waals surface area contributed by atoms with Crippen LogP contribution in [0.4, 0.5) is 4.39 Å². The summed E-state index contributed by atoms with van der Waals surface area (Å²) in [7, 11) is 0. The van der Waals surface area contributed by atoms with Crippen LogP contribution in [0.1, 0.15) is 5.56 Å². The first-order valence-electron chi connectivity index (χ1n) is 6.10. The van der Waals surface area contributed by atoms with Gasteiger partial charge < -0.3 is 10.2 Å². The highest BCUT2D eigenvalue weighted by Gasteiger charge is 2.08. The highest BCUT2D eigenvalue weighted by atomic mass is 32.2. The summed E-state index contributed by atoms with van der Waals surface area (Å²) in [5, 5.41) is 3.40. The van der Waals surface area contributed by atoms with Gasteiger partial charge in [-0.05, 0) is 17.7 Å². The molecule has 0 radical (unpaired) electrons. The van der Waals surface area contributed by atoms with Crippen molar-refractivity contribution in [3.63, 3.8) is 0 Å². The number of thioether (sulfide) groups is 1. The zero-order chi connectivity index (χ0) is 11.9. The Balaban J connectivity index is 1.60. The minimum atomic E-state index is -0.167. The molecule has 1 aliphatic heterocycles. The van der Waals surface area contributed by atoms with Crippen molar-refractivity contribution in [3.8, 4) is 0 Å². The van der Waals surface area contributed by atoms with Gasteiger partial charge in [0.05, 0.1) is 0 Å². The molecule has 0 unspecified atom stereocenters. The van der Waals surface area contributed by atoms with E-state index in [1.165, 1.54) is 36.7 Å². The largest absolute Gasteiger partial charge is 0.311 e. The predicted molar refractivity (Wildman–Crippen MR) is 71.9 cm³/mol. The van der Waals surface area contributed by atoms with Crippen LogP contribution in [0.2, 0.25) is 0 Å². The smallest absolute Gasteiger partial charge is 0.123 e. The van der Waals surface area contributed by atoms with E-state index in [1.54, 1.807) is 0 Å². The first-order valence-corrected chi connectivity index (χ1v) is 7.25. The lowest BCUT2D eigenvalue weighted by molar-refractivity contribution is 0.301. The molecule has 0 bridgehead atoms. The molecule has 1 fully saturated rings. The van der Waals surface area contributed by atoms with Crippen molar-refractivity contribution in [2.24, 2.45) is 0 Å². The van der Waals surface area contributed by atoms with Crippen molar-refractivity contribution in [2.45, 2.75) is 6.54 Å². The summed E-state index contributed by atoms with van der Waals surface area (Å²) in [6.45, 7) is 5.36. The van der Waals surface area contributed by atoms with Crippen LogP contribution < -0.4 is 5.32 Å². The van der Waals surface area contributed by atoms with Crippen LogP contribution in [0.5, 0.6) is 0 Å². The van der Waals surface area contributed by atoms with Gasteiger partial charge in [-0.3, -0.25) is 0 Å². The van der Waals surface area contributed by atoms with Crippen molar-refractivity contribution < 1.29 is 4.39 Å². The van der Waals surface area contributed by atoms with Gasteiger partial charge in [0.15, 0.2) is 0 Å². The molecule has 0 amide bonds. The van der Waals surface area contributed by atoms with E-state index in [4.69, 9.17) is 0 Å². The fourth-order valence-corrected chi connectivity index (χ4v) is 2.88. The minimum absolute atomic E-state index is 0.167. The summed E-state index contributed by atoms with van der Waals surface area (Å²) >= 11 is 2.04. The van der Waals surface area contributed by atoms with Gasteiger partial charge in [0.2, 0.25) is 0 Å². The highest BCUT2D eigenvalue weighted by Crippen LogP contribution is 2.08. The molecule has 17 heavy (non-hydrogen) atoms. The molecule has 1 aliphatic rings. The summed E-state index contributed by atoms with van der Waals surface area (Å²) in [6, 6.07) is 6.69. The van der Waals surface area contributed by atoms with Gasteiger partial charge in [0.1, 0.15) is 5.82 Å². The second-order valence-electron chi connectivity index (χ2n) is 4.26. The van der Waals surface area contributed by atoms with Crippen molar-refractivity contribution >= 4 is 11.8 Å². The van der Waals surface area contributed by atoms with Crippen LogP contribution in [-0.4, -0.2) is 42.6 Å². The molecule has 4 heteroatoms. The van der Waals surface area contributed by atoms with Crippen LogP contribution in [0.15, 0.2) is 24.3 Å². The van der Waals surface area contributed by atoms with Crippen LogP contribution in [0.3, 0.4) is 0 Å². The van der Waals surface area contributed by atoms with Crippen molar-refractivity contribution in [1.82, 2.24) is 10.2 Å². The standard InChI is InChI=1S/C13H19FN2S/c14-13-3-1-12(2-4-13)11-15-5-6-16-7-9-17-10-8-16/h1-4,15H,5-11H2. The molecule has 1 aromatic carbocycles.